The van der Waals surface area contributed by atoms with Crippen molar-refractivity contribution in [1.29, 1.82) is 5.26 Å². The molecule has 19 heteroatoms. The van der Waals surface area contributed by atoms with Crippen LogP contribution in [0, 0.1) is 23.0 Å². The van der Waals surface area contributed by atoms with Gasteiger partial charge in [-0.1, -0.05) is 6.07 Å². The van der Waals surface area contributed by atoms with Crippen LogP contribution in [0.15, 0.2) is 18.2 Å². The molecule has 292 valence electrons. The molecule has 3 aliphatic rings. The minimum Gasteiger partial charge on any atom is -0.465 e. The molecule has 2 unspecified atom stereocenters. The summed E-state index contributed by atoms with van der Waals surface area (Å²) < 4.78 is 103. The molecule has 4 atom stereocenters. The molecule has 12 nitrogen and oxygen atoms in total. The molecule has 0 radical (unpaired) electrons. The van der Waals surface area contributed by atoms with Gasteiger partial charge in [0.05, 0.1) is 27.9 Å². The molecule has 0 saturated carbocycles. The Kier molecular flexibility index (Phi) is 9.64. The number of alkyl halides is 4. The number of ether oxygens (including phenoxy) is 2. The molecule has 3 aliphatic heterocycles. The SMILES string of the molecule is CN1C[C@H](F)C[C@H]1COc1nc(N2CC3CCC(C2)N3C(=O)O)c2cc(C(F)(F)F)c(-c3ccc(F)c4sc(NC(=O)OC(C)(C)C)c(C#N)c34)c(F)c2n1. The lowest BCUT2D eigenvalue weighted by Crippen LogP contribution is -2.55. The molecule has 2 bridgehead atoms. The third-order valence-electron chi connectivity index (χ3n) is 10.0. The van der Waals surface area contributed by atoms with E-state index in [1.807, 2.05) is 6.07 Å². The number of halogens is 6. The lowest BCUT2D eigenvalue weighted by molar-refractivity contribution is -0.137. The molecule has 0 aliphatic carbocycles. The van der Waals surface area contributed by atoms with Gasteiger partial charge in [0.1, 0.15) is 46.6 Å². The number of hydrogen-bond donors (Lipinski definition) is 2. The van der Waals surface area contributed by atoms with E-state index < -0.39 is 93.7 Å². The van der Waals surface area contributed by atoms with Crippen LogP contribution in [0.3, 0.4) is 0 Å². The summed E-state index contributed by atoms with van der Waals surface area (Å²) in [7, 11) is 1.69. The number of nitriles is 1. The molecule has 2 aromatic heterocycles. The monoisotopic (exact) mass is 791 g/mol. The largest absolute Gasteiger partial charge is 0.465 e. The maximum Gasteiger partial charge on any atom is 0.417 e. The molecule has 3 fully saturated rings. The maximum absolute atomic E-state index is 17.3. The number of likely N-dealkylation sites (tertiary alicyclic amines) is 1. The first kappa shape index (κ1) is 38.2. The van der Waals surface area contributed by atoms with Crippen LogP contribution in [0.5, 0.6) is 6.01 Å². The topological polar surface area (TPSA) is 144 Å². The lowest BCUT2D eigenvalue weighted by atomic mass is 9.92. The first-order valence-electron chi connectivity index (χ1n) is 17.3. The van der Waals surface area contributed by atoms with Crippen LogP contribution in [0.25, 0.3) is 32.1 Å². The molecule has 2 amide bonds. The number of carboxylic acid groups (broad SMARTS) is 1. The van der Waals surface area contributed by atoms with Crippen molar-refractivity contribution in [2.75, 3.05) is 43.5 Å². The summed E-state index contributed by atoms with van der Waals surface area (Å²) in [6.07, 6.45) is -7.34. The van der Waals surface area contributed by atoms with Gasteiger partial charge in [-0.05, 0) is 64.8 Å². The third-order valence-corrected chi connectivity index (χ3v) is 11.1. The summed E-state index contributed by atoms with van der Waals surface area (Å²) in [4.78, 5) is 38.0. The highest BCUT2D eigenvalue weighted by molar-refractivity contribution is 7.23. The number of amides is 2. The van der Waals surface area contributed by atoms with E-state index in [1.165, 1.54) is 4.90 Å². The summed E-state index contributed by atoms with van der Waals surface area (Å²) in [6.45, 7) is 4.86. The fourth-order valence-corrected chi connectivity index (χ4v) is 8.79. The van der Waals surface area contributed by atoms with E-state index >= 15 is 22.0 Å². The average Bonchev–Trinajstić information content (AvgIpc) is 3.71. The van der Waals surface area contributed by atoms with Crippen molar-refractivity contribution in [3.8, 4) is 23.2 Å². The van der Waals surface area contributed by atoms with E-state index in [9.17, 15) is 24.3 Å². The molecule has 2 aromatic carbocycles. The number of aromatic nitrogens is 2. The van der Waals surface area contributed by atoms with Gasteiger partial charge in [-0.25, -0.2) is 22.8 Å². The predicted octanol–water partition coefficient (Wildman–Crippen LogP) is 7.78. The van der Waals surface area contributed by atoms with Gasteiger partial charge in [-0.2, -0.15) is 28.4 Å². The van der Waals surface area contributed by atoms with Crippen molar-refractivity contribution in [3.63, 3.8) is 0 Å². The summed E-state index contributed by atoms with van der Waals surface area (Å²) in [6, 6.07) is 2.44. The molecule has 55 heavy (non-hydrogen) atoms. The molecule has 2 N–H and O–H groups in total. The normalized spacial score (nSPS) is 21.7. The van der Waals surface area contributed by atoms with Crippen molar-refractivity contribution in [2.45, 2.75) is 76.1 Å². The summed E-state index contributed by atoms with van der Waals surface area (Å²) in [5.74, 6) is -2.53. The zero-order chi connectivity index (χ0) is 39.7. The third kappa shape index (κ3) is 7.12. The van der Waals surface area contributed by atoms with E-state index in [1.54, 1.807) is 37.6 Å². The molecular weight excluding hydrogens is 756 g/mol. The number of fused-ring (bicyclic) bond motifs is 4. The van der Waals surface area contributed by atoms with Gasteiger partial charge >= 0.3 is 24.4 Å². The van der Waals surface area contributed by atoms with E-state index in [0.29, 0.717) is 30.2 Å². The molecule has 3 saturated heterocycles. The second-order valence-corrected chi connectivity index (χ2v) is 15.9. The van der Waals surface area contributed by atoms with E-state index in [2.05, 4.69) is 15.3 Å². The molecule has 0 spiro atoms. The zero-order valence-corrected chi connectivity index (χ0v) is 30.7. The van der Waals surface area contributed by atoms with E-state index in [4.69, 9.17) is 9.47 Å². The molecule has 5 heterocycles. The number of rotatable bonds is 6. The lowest BCUT2D eigenvalue weighted by Gasteiger charge is -2.40. The number of benzene rings is 2. The minimum atomic E-state index is -5.21. The summed E-state index contributed by atoms with van der Waals surface area (Å²) >= 11 is 0.570. The number of nitrogens with one attached hydrogen (secondary N) is 1. The number of piperazine rings is 1. The number of likely N-dealkylation sites (N-methyl/N-ethyl adjacent to an activating group) is 1. The van der Waals surface area contributed by atoms with E-state index in [-0.39, 0.29) is 59.0 Å². The van der Waals surface area contributed by atoms with Gasteiger partial charge in [-0.15, -0.1) is 11.3 Å². The van der Waals surface area contributed by atoms with Crippen molar-refractivity contribution >= 4 is 55.3 Å². The smallest absolute Gasteiger partial charge is 0.417 e. The predicted molar refractivity (Wildman–Crippen MR) is 190 cm³/mol. The fourth-order valence-electron chi connectivity index (χ4n) is 7.72. The first-order chi connectivity index (χ1) is 25.8. The van der Waals surface area contributed by atoms with Crippen molar-refractivity contribution in [3.05, 3.63) is 41.0 Å². The Morgan fingerprint density at radius 3 is 2.38 bits per heavy atom. The number of nitrogens with zero attached hydrogens (tertiary/aromatic N) is 6. The molecule has 4 aromatic rings. The standard InChI is InChI=1S/C36H35F6N7O5S/c1-35(2,3)54-33(50)46-31-22(11-43)25-20(7-8-24(38)29(25)55-31)26-23(36(40,41)42)10-21-28(27(26)39)44-32(53-15-19-9-16(37)12-47(19)4)45-30(21)48-13-17-5-6-18(14-48)49(17)34(51)52/h7-8,10,16-19H,5-6,9,12-15H2,1-4H3,(H,46,50)(H,51,52)/t16-,17?,18?,19+/m1/s1. The van der Waals surface area contributed by atoms with Crippen molar-refractivity contribution in [1.82, 2.24) is 19.8 Å². The van der Waals surface area contributed by atoms with Gasteiger partial charge in [-0.3, -0.25) is 15.1 Å². The quantitative estimate of drug-likeness (QED) is 0.186. The van der Waals surface area contributed by atoms with Crippen LogP contribution in [0.4, 0.5) is 46.8 Å². The Morgan fingerprint density at radius 2 is 1.80 bits per heavy atom. The Labute approximate surface area is 314 Å². The average molecular weight is 792 g/mol. The van der Waals surface area contributed by atoms with Gasteiger partial charge < -0.3 is 19.5 Å². The summed E-state index contributed by atoms with van der Waals surface area (Å²) in [5, 5.41) is 21.4. The number of thiophene rings is 1. The number of carbonyl (C=O) groups is 2. The summed E-state index contributed by atoms with van der Waals surface area (Å²) in [5.41, 5.74) is -4.98. The van der Waals surface area contributed by atoms with Crippen LogP contribution < -0.4 is 15.0 Å². The maximum atomic E-state index is 17.3. The number of carbonyl (C=O) groups excluding carboxylic acids is 1. The highest BCUT2D eigenvalue weighted by atomic mass is 32.1. The molecule has 7 rings (SSSR count). The van der Waals surface area contributed by atoms with Crippen molar-refractivity contribution < 1.29 is 50.5 Å². The van der Waals surface area contributed by atoms with Gasteiger partial charge in [0, 0.05) is 42.0 Å². The fraction of sp³-hybridized carbons (Fsp3) is 0.472. The Balaban J connectivity index is 1.43. The van der Waals surface area contributed by atoms with Gasteiger partial charge in [0.15, 0.2) is 5.82 Å². The van der Waals surface area contributed by atoms with Crippen LogP contribution >= 0.6 is 11.3 Å². The first-order valence-corrected chi connectivity index (χ1v) is 18.2. The number of hydrogen-bond acceptors (Lipinski definition) is 10. The van der Waals surface area contributed by atoms with Crippen molar-refractivity contribution in [2.24, 2.45) is 0 Å². The Hall–Kier alpha value is -5.09. The Morgan fingerprint density at radius 1 is 1.11 bits per heavy atom. The highest BCUT2D eigenvalue weighted by Gasteiger charge is 2.45. The van der Waals surface area contributed by atoms with Crippen LogP contribution in [0.2, 0.25) is 0 Å². The van der Waals surface area contributed by atoms with Crippen LogP contribution in [-0.4, -0.2) is 100 Å². The van der Waals surface area contributed by atoms with Crippen LogP contribution in [0.1, 0.15) is 51.2 Å². The number of anilines is 2. The second kappa shape index (κ2) is 13.9. The second-order valence-electron chi connectivity index (χ2n) is 14.9. The van der Waals surface area contributed by atoms with Gasteiger partial charge in [0.2, 0.25) is 0 Å². The minimum absolute atomic E-state index is 0.0421. The Bertz CT molecular complexity index is 2240. The zero-order valence-electron chi connectivity index (χ0n) is 29.9. The molecular formula is C36H35F6N7O5S. The van der Waals surface area contributed by atoms with Crippen LogP contribution in [-0.2, 0) is 10.9 Å². The van der Waals surface area contributed by atoms with Gasteiger partial charge in [0.25, 0.3) is 0 Å². The van der Waals surface area contributed by atoms with E-state index in [0.717, 1.165) is 12.1 Å². The highest BCUT2D eigenvalue weighted by Crippen LogP contribution is 2.49.